The molecule has 0 spiro atoms. The normalized spacial score (nSPS) is 16.0. The number of fused-ring (bicyclic) bond motifs is 1. The maximum Gasteiger partial charge on any atom is 0.338 e. The molecule has 0 aliphatic carbocycles. The monoisotopic (exact) mass is 473 g/mol. The summed E-state index contributed by atoms with van der Waals surface area (Å²) in [5.74, 6) is -0.194. The smallest absolute Gasteiger partial charge is 0.338 e. The van der Waals surface area contributed by atoms with Crippen molar-refractivity contribution in [3.05, 3.63) is 93.5 Å². The molecule has 9 nitrogen and oxygen atoms in total. The lowest BCUT2D eigenvalue weighted by Crippen LogP contribution is -2.39. The van der Waals surface area contributed by atoms with E-state index in [1.807, 2.05) is 6.92 Å². The van der Waals surface area contributed by atoms with Crippen LogP contribution in [0, 0.1) is 17.0 Å². The van der Waals surface area contributed by atoms with Crippen LogP contribution >= 0.6 is 22.9 Å². The standard InChI is InChI=1S/C21H16ClN3O6S/c1-10-6-13(31-9-10)8-16-19(26)24-18(12-4-5-14(22)15(7-12)25(28)29)17(20(27)30-3)11(2)23-21(24)32-16/h4-9,18H,1-3H3. The molecular formula is C21H16ClN3O6S. The molecule has 1 atom stereocenters. The number of nitrogens with zero attached hydrogens (tertiary/aromatic N) is 3. The average molecular weight is 474 g/mol. The molecule has 11 heteroatoms. The van der Waals surface area contributed by atoms with Gasteiger partial charge in [-0.3, -0.25) is 19.5 Å². The molecule has 0 N–H and O–H groups in total. The number of hydrogen-bond donors (Lipinski definition) is 0. The summed E-state index contributed by atoms with van der Waals surface area (Å²) in [6.45, 7) is 3.48. The van der Waals surface area contributed by atoms with Crippen molar-refractivity contribution in [3.63, 3.8) is 0 Å². The van der Waals surface area contributed by atoms with Gasteiger partial charge in [-0.25, -0.2) is 9.79 Å². The van der Waals surface area contributed by atoms with Crippen LogP contribution in [0.4, 0.5) is 5.69 Å². The van der Waals surface area contributed by atoms with E-state index in [1.54, 1.807) is 25.3 Å². The number of esters is 1. The molecule has 0 fully saturated rings. The Balaban J connectivity index is 2.01. The van der Waals surface area contributed by atoms with E-state index >= 15 is 0 Å². The highest BCUT2D eigenvalue weighted by Gasteiger charge is 2.34. The summed E-state index contributed by atoms with van der Waals surface area (Å²) in [5.41, 5.74) is 0.935. The molecule has 0 saturated carbocycles. The predicted molar refractivity (Wildman–Crippen MR) is 117 cm³/mol. The van der Waals surface area contributed by atoms with Gasteiger partial charge >= 0.3 is 5.97 Å². The van der Waals surface area contributed by atoms with E-state index in [2.05, 4.69) is 4.99 Å². The van der Waals surface area contributed by atoms with Gasteiger partial charge in [0.25, 0.3) is 11.2 Å². The van der Waals surface area contributed by atoms with Gasteiger partial charge in [-0.05, 0) is 37.1 Å². The molecule has 1 aliphatic rings. The molecule has 0 radical (unpaired) electrons. The molecule has 1 aliphatic heterocycles. The molecule has 0 amide bonds. The number of benzene rings is 1. The number of furan rings is 1. The molecule has 164 valence electrons. The zero-order valence-electron chi connectivity index (χ0n) is 17.1. The van der Waals surface area contributed by atoms with Crippen molar-refractivity contribution in [2.45, 2.75) is 19.9 Å². The van der Waals surface area contributed by atoms with E-state index in [0.29, 0.717) is 26.4 Å². The van der Waals surface area contributed by atoms with Gasteiger partial charge in [0.1, 0.15) is 10.8 Å². The van der Waals surface area contributed by atoms with Gasteiger partial charge in [0, 0.05) is 12.1 Å². The number of carbonyl (C=O) groups is 1. The van der Waals surface area contributed by atoms with E-state index in [4.69, 9.17) is 20.8 Å². The van der Waals surface area contributed by atoms with Crippen molar-refractivity contribution in [1.82, 2.24) is 4.57 Å². The Morgan fingerprint density at radius 3 is 2.75 bits per heavy atom. The fourth-order valence-corrected chi connectivity index (χ4v) is 4.72. The van der Waals surface area contributed by atoms with Crippen LogP contribution in [0.3, 0.4) is 0 Å². The van der Waals surface area contributed by atoms with Crippen molar-refractivity contribution >= 4 is 40.7 Å². The van der Waals surface area contributed by atoms with Gasteiger partial charge in [0.15, 0.2) is 4.80 Å². The second kappa shape index (κ2) is 8.21. The minimum atomic E-state index is -0.977. The number of nitro groups is 1. The Morgan fingerprint density at radius 1 is 1.38 bits per heavy atom. The summed E-state index contributed by atoms with van der Waals surface area (Å²) < 4.78 is 12.0. The van der Waals surface area contributed by atoms with Crippen LogP contribution in [0.15, 0.2) is 56.0 Å². The highest BCUT2D eigenvalue weighted by atomic mass is 35.5. The van der Waals surface area contributed by atoms with E-state index in [9.17, 15) is 19.7 Å². The molecule has 4 rings (SSSR count). The second-order valence-corrected chi connectivity index (χ2v) is 8.48. The van der Waals surface area contributed by atoms with Gasteiger partial charge in [0.05, 0.1) is 40.1 Å². The molecule has 1 unspecified atom stereocenters. The molecular weight excluding hydrogens is 458 g/mol. The number of thiazole rings is 1. The number of carbonyl (C=O) groups excluding carboxylic acids is 1. The Labute approximate surface area is 189 Å². The van der Waals surface area contributed by atoms with E-state index in [-0.39, 0.29) is 16.3 Å². The molecule has 32 heavy (non-hydrogen) atoms. The first kappa shape index (κ1) is 21.7. The third-order valence-corrected chi connectivity index (χ3v) is 6.24. The Kier molecular flexibility index (Phi) is 5.57. The van der Waals surface area contributed by atoms with Crippen molar-refractivity contribution in [2.24, 2.45) is 4.99 Å². The van der Waals surface area contributed by atoms with Crippen molar-refractivity contribution in [1.29, 1.82) is 0 Å². The van der Waals surface area contributed by atoms with Gasteiger partial charge in [0.2, 0.25) is 0 Å². The third-order valence-electron chi connectivity index (χ3n) is 4.93. The number of ether oxygens (including phenoxy) is 1. The Hall–Kier alpha value is -3.50. The number of rotatable bonds is 4. The lowest BCUT2D eigenvalue weighted by atomic mass is 9.95. The van der Waals surface area contributed by atoms with Gasteiger partial charge < -0.3 is 9.15 Å². The third kappa shape index (κ3) is 3.67. The Bertz CT molecular complexity index is 1480. The summed E-state index contributed by atoms with van der Waals surface area (Å²) in [6.07, 6.45) is 3.16. The SMILES string of the molecule is COC(=O)C1=C(C)N=c2sc(=Cc3cc(C)co3)c(=O)n2C1c1ccc(Cl)c([N+](=O)[O-])c1. The maximum atomic E-state index is 13.4. The number of aryl methyl sites for hydroxylation is 1. The van der Waals surface area contributed by atoms with Crippen LogP contribution in [0.2, 0.25) is 5.02 Å². The van der Waals surface area contributed by atoms with Crippen LogP contribution in [0.5, 0.6) is 0 Å². The van der Waals surface area contributed by atoms with Crippen LogP contribution in [0.1, 0.15) is 29.9 Å². The molecule has 0 bridgehead atoms. The van der Waals surface area contributed by atoms with E-state index in [1.165, 1.54) is 29.9 Å². The maximum absolute atomic E-state index is 13.4. The van der Waals surface area contributed by atoms with Crippen LogP contribution in [0.25, 0.3) is 6.08 Å². The molecule has 0 saturated heterocycles. The molecule has 3 heterocycles. The average Bonchev–Trinajstić information content (AvgIpc) is 3.29. The number of nitro benzene ring substituents is 1. The first-order chi connectivity index (χ1) is 15.2. The van der Waals surface area contributed by atoms with E-state index < -0.39 is 22.5 Å². The lowest BCUT2D eigenvalue weighted by molar-refractivity contribution is -0.384. The van der Waals surface area contributed by atoms with Crippen LogP contribution < -0.4 is 14.9 Å². The van der Waals surface area contributed by atoms with E-state index in [0.717, 1.165) is 16.9 Å². The zero-order valence-corrected chi connectivity index (χ0v) is 18.7. The summed E-state index contributed by atoms with van der Waals surface area (Å²) in [7, 11) is 1.22. The summed E-state index contributed by atoms with van der Waals surface area (Å²) >= 11 is 7.09. The number of allylic oxidation sites excluding steroid dienone is 1. The number of hydrogen-bond acceptors (Lipinski definition) is 8. The van der Waals surface area contributed by atoms with Crippen LogP contribution in [-0.2, 0) is 9.53 Å². The fourth-order valence-electron chi connectivity index (χ4n) is 3.51. The first-order valence-electron chi connectivity index (χ1n) is 9.31. The first-order valence-corrected chi connectivity index (χ1v) is 10.5. The zero-order chi connectivity index (χ0) is 23.2. The number of methoxy groups -OCH3 is 1. The highest BCUT2D eigenvalue weighted by molar-refractivity contribution is 7.07. The van der Waals surface area contributed by atoms with Gasteiger partial charge in [-0.1, -0.05) is 29.0 Å². The molecule has 2 aromatic heterocycles. The van der Waals surface area contributed by atoms with Crippen molar-refractivity contribution in [2.75, 3.05) is 7.11 Å². The number of halogens is 1. The minimum Gasteiger partial charge on any atom is -0.466 e. The summed E-state index contributed by atoms with van der Waals surface area (Å²) in [6, 6.07) is 4.95. The second-order valence-electron chi connectivity index (χ2n) is 7.07. The Morgan fingerprint density at radius 2 is 2.12 bits per heavy atom. The summed E-state index contributed by atoms with van der Waals surface area (Å²) in [4.78, 5) is 41.6. The fraction of sp³-hybridized carbons (Fsp3) is 0.190. The lowest BCUT2D eigenvalue weighted by Gasteiger charge is -2.24. The number of aromatic nitrogens is 1. The van der Waals surface area contributed by atoms with Crippen LogP contribution in [-0.4, -0.2) is 22.6 Å². The topological polar surface area (TPSA) is 117 Å². The minimum absolute atomic E-state index is 0.0559. The molecule has 3 aromatic rings. The van der Waals surface area contributed by atoms with Crippen molar-refractivity contribution < 1.29 is 18.9 Å². The van der Waals surface area contributed by atoms with Crippen molar-refractivity contribution in [3.8, 4) is 0 Å². The predicted octanol–water partition coefficient (Wildman–Crippen LogP) is 2.87. The van der Waals surface area contributed by atoms with Gasteiger partial charge in [-0.2, -0.15) is 0 Å². The largest absolute Gasteiger partial charge is 0.466 e. The highest BCUT2D eigenvalue weighted by Crippen LogP contribution is 2.34. The molecule has 1 aromatic carbocycles. The quantitative estimate of drug-likeness (QED) is 0.326. The van der Waals surface area contributed by atoms with Gasteiger partial charge in [-0.15, -0.1) is 0 Å². The summed E-state index contributed by atoms with van der Waals surface area (Å²) in [5, 5.41) is 11.4.